The van der Waals surface area contributed by atoms with Crippen LogP contribution >= 0.6 is 0 Å². The normalized spacial score (nSPS) is 10.2. The van der Waals surface area contributed by atoms with E-state index < -0.39 is 0 Å². The second-order valence-corrected chi connectivity index (χ2v) is 3.90. The molecule has 0 aliphatic heterocycles. The number of hydrogen-bond donors (Lipinski definition) is 2. The van der Waals surface area contributed by atoms with Gasteiger partial charge >= 0.3 is 0 Å². The molecule has 18 heavy (non-hydrogen) atoms. The fraction of sp³-hybridized carbons (Fsp3) is 0.154. The van der Waals surface area contributed by atoms with Crippen LogP contribution in [0.15, 0.2) is 30.5 Å². The van der Waals surface area contributed by atoms with E-state index in [1.54, 1.807) is 24.4 Å². The van der Waals surface area contributed by atoms with Crippen molar-refractivity contribution in [3.8, 4) is 5.75 Å². The highest BCUT2D eigenvalue weighted by molar-refractivity contribution is 5.63. The Kier molecular flexibility index (Phi) is 3.32. The Balaban J connectivity index is 2.30. The molecular weight excluding hydrogens is 233 g/mol. The fourth-order valence-electron chi connectivity index (χ4n) is 1.47. The molecule has 0 atom stereocenters. The molecule has 1 heterocycles. The maximum Gasteiger partial charge on any atom is 0.146 e. The summed E-state index contributed by atoms with van der Waals surface area (Å²) in [5.74, 6) is 0.681. The Labute approximate surface area is 105 Å². The van der Waals surface area contributed by atoms with Crippen molar-refractivity contribution < 1.29 is 9.13 Å². The molecule has 0 saturated carbocycles. The number of anilines is 3. The molecule has 0 spiro atoms. The second-order valence-electron chi connectivity index (χ2n) is 3.90. The number of nitrogens with zero attached hydrogens (tertiary/aromatic N) is 1. The lowest BCUT2D eigenvalue weighted by Gasteiger charge is -2.09. The van der Waals surface area contributed by atoms with Gasteiger partial charge in [-0.2, -0.15) is 0 Å². The molecule has 3 N–H and O–H groups in total. The van der Waals surface area contributed by atoms with Crippen LogP contribution in [-0.2, 0) is 0 Å². The molecule has 0 unspecified atom stereocenters. The standard InChI is InChI=1S/C13H14FN3O/c1-8-7-16-13(6-11(8)15)17-12-5-9(18-2)3-4-10(12)14/h3-7H,1-2H3,(H3,15,16,17). The first-order chi connectivity index (χ1) is 8.60. The zero-order chi connectivity index (χ0) is 13.1. The largest absolute Gasteiger partial charge is 0.497 e. The van der Waals surface area contributed by atoms with Crippen LogP contribution in [0.25, 0.3) is 0 Å². The Morgan fingerprint density at radius 2 is 2.11 bits per heavy atom. The maximum absolute atomic E-state index is 13.6. The molecule has 1 aromatic carbocycles. The first-order valence-corrected chi connectivity index (χ1v) is 5.43. The van der Waals surface area contributed by atoms with Crippen LogP contribution in [0.2, 0.25) is 0 Å². The number of nitrogen functional groups attached to an aromatic ring is 1. The minimum Gasteiger partial charge on any atom is -0.497 e. The SMILES string of the molecule is COc1ccc(F)c(Nc2cc(N)c(C)cn2)c1. The highest BCUT2D eigenvalue weighted by Gasteiger charge is 2.06. The van der Waals surface area contributed by atoms with Crippen molar-refractivity contribution >= 4 is 17.2 Å². The van der Waals surface area contributed by atoms with Gasteiger partial charge in [0.2, 0.25) is 0 Å². The molecule has 0 bridgehead atoms. The third kappa shape index (κ3) is 2.51. The lowest BCUT2D eigenvalue weighted by Crippen LogP contribution is -1.99. The van der Waals surface area contributed by atoms with Crippen LogP contribution in [-0.4, -0.2) is 12.1 Å². The molecule has 0 fully saturated rings. The first-order valence-electron chi connectivity index (χ1n) is 5.43. The van der Waals surface area contributed by atoms with Gasteiger partial charge in [0.15, 0.2) is 0 Å². The van der Waals surface area contributed by atoms with E-state index >= 15 is 0 Å². The fourth-order valence-corrected chi connectivity index (χ4v) is 1.47. The lowest BCUT2D eigenvalue weighted by molar-refractivity contribution is 0.414. The molecule has 94 valence electrons. The van der Waals surface area contributed by atoms with Crippen molar-refractivity contribution in [3.63, 3.8) is 0 Å². The van der Waals surface area contributed by atoms with Gasteiger partial charge in [0, 0.05) is 24.0 Å². The van der Waals surface area contributed by atoms with Crippen LogP contribution in [0, 0.1) is 12.7 Å². The van der Waals surface area contributed by atoms with Crippen LogP contribution in [0.5, 0.6) is 5.75 Å². The molecule has 0 aliphatic rings. The van der Waals surface area contributed by atoms with Gasteiger partial charge in [-0.25, -0.2) is 9.37 Å². The minimum absolute atomic E-state index is 0.296. The summed E-state index contributed by atoms with van der Waals surface area (Å²) in [6.45, 7) is 1.86. The summed E-state index contributed by atoms with van der Waals surface area (Å²) < 4.78 is 18.6. The van der Waals surface area contributed by atoms with E-state index in [2.05, 4.69) is 10.3 Å². The monoisotopic (exact) mass is 247 g/mol. The Bertz CT molecular complexity index is 572. The maximum atomic E-state index is 13.6. The summed E-state index contributed by atoms with van der Waals surface area (Å²) >= 11 is 0. The highest BCUT2D eigenvalue weighted by Crippen LogP contribution is 2.25. The van der Waals surface area contributed by atoms with E-state index in [4.69, 9.17) is 10.5 Å². The molecule has 0 saturated heterocycles. The molecular formula is C13H14FN3O. The number of aromatic nitrogens is 1. The van der Waals surface area contributed by atoms with E-state index in [1.165, 1.54) is 13.2 Å². The van der Waals surface area contributed by atoms with Crippen LogP contribution in [0.3, 0.4) is 0 Å². The molecule has 5 heteroatoms. The molecule has 2 rings (SSSR count). The van der Waals surface area contributed by atoms with Gasteiger partial charge in [0.1, 0.15) is 17.4 Å². The number of methoxy groups -OCH3 is 1. The third-order valence-corrected chi connectivity index (χ3v) is 2.58. The van der Waals surface area contributed by atoms with Gasteiger partial charge in [-0.15, -0.1) is 0 Å². The van der Waals surface area contributed by atoms with Crippen molar-refractivity contribution in [1.82, 2.24) is 4.98 Å². The summed E-state index contributed by atoms with van der Waals surface area (Å²) in [7, 11) is 1.53. The van der Waals surface area contributed by atoms with E-state index in [9.17, 15) is 4.39 Å². The number of nitrogens with two attached hydrogens (primary N) is 1. The number of halogens is 1. The Hall–Kier alpha value is -2.30. The van der Waals surface area contributed by atoms with Crippen LogP contribution in [0.1, 0.15) is 5.56 Å². The van der Waals surface area contributed by atoms with E-state index in [0.717, 1.165) is 5.56 Å². The van der Waals surface area contributed by atoms with Crippen molar-refractivity contribution in [1.29, 1.82) is 0 Å². The van der Waals surface area contributed by atoms with Crippen molar-refractivity contribution in [3.05, 3.63) is 41.8 Å². The van der Waals surface area contributed by atoms with Gasteiger partial charge < -0.3 is 15.8 Å². The average Bonchev–Trinajstić information content (AvgIpc) is 2.36. The van der Waals surface area contributed by atoms with Crippen molar-refractivity contribution in [2.24, 2.45) is 0 Å². The quantitative estimate of drug-likeness (QED) is 0.875. The number of rotatable bonds is 3. The predicted molar refractivity (Wildman–Crippen MR) is 69.6 cm³/mol. The molecule has 0 amide bonds. The molecule has 4 nitrogen and oxygen atoms in total. The third-order valence-electron chi connectivity index (χ3n) is 2.58. The zero-order valence-corrected chi connectivity index (χ0v) is 10.2. The number of nitrogens with one attached hydrogen (secondary N) is 1. The lowest BCUT2D eigenvalue weighted by atomic mass is 10.2. The zero-order valence-electron chi connectivity index (χ0n) is 10.2. The summed E-state index contributed by atoms with van der Waals surface area (Å²) in [6.07, 6.45) is 1.63. The van der Waals surface area contributed by atoms with Crippen molar-refractivity contribution in [2.75, 3.05) is 18.2 Å². The van der Waals surface area contributed by atoms with E-state index in [0.29, 0.717) is 22.9 Å². The van der Waals surface area contributed by atoms with E-state index in [1.807, 2.05) is 6.92 Å². The van der Waals surface area contributed by atoms with Gasteiger partial charge in [-0.3, -0.25) is 0 Å². The smallest absolute Gasteiger partial charge is 0.146 e. The van der Waals surface area contributed by atoms with Gasteiger partial charge in [0.25, 0.3) is 0 Å². The minimum atomic E-state index is -0.378. The Morgan fingerprint density at radius 1 is 1.33 bits per heavy atom. The highest BCUT2D eigenvalue weighted by atomic mass is 19.1. The number of pyridine rings is 1. The van der Waals surface area contributed by atoms with Crippen LogP contribution in [0.4, 0.5) is 21.6 Å². The number of hydrogen-bond acceptors (Lipinski definition) is 4. The molecule has 2 aromatic rings. The summed E-state index contributed by atoms with van der Waals surface area (Å²) in [5, 5.41) is 2.87. The molecule has 1 aromatic heterocycles. The topological polar surface area (TPSA) is 60.2 Å². The van der Waals surface area contributed by atoms with Gasteiger partial charge in [-0.1, -0.05) is 0 Å². The summed E-state index contributed by atoms with van der Waals surface area (Å²) in [4.78, 5) is 4.13. The number of benzene rings is 1. The van der Waals surface area contributed by atoms with Crippen molar-refractivity contribution in [2.45, 2.75) is 6.92 Å². The summed E-state index contributed by atoms with van der Waals surface area (Å²) in [6, 6.07) is 6.11. The average molecular weight is 247 g/mol. The first kappa shape index (κ1) is 12.2. The van der Waals surface area contributed by atoms with E-state index in [-0.39, 0.29) is 5.82 Å². The molecule has 0 aliphatic carbocycles. The second kappa shape index (κ2) is 4.91. The van der Waals surface area contributed by atoms with Gasteiger partial charge in [0.05, 0.1) is 12.8 Å². The summed E-state index contributed by atoms with van der Waals surface area (Å²) in [5.41, 5.74) is 7.55. The predicted octanol–water partition coefficient (Wildman–Crippen LogP) is 2.86. The Morgan fingerprint density at radius 3 is 2.78 bits per heavy atom. The molecule has 0 radical (unpaired) electrons. The number of ether oxygens (including phenoxy) is 1. The van der Waals surface area contributed by atoms with Gasteiger partial charge in [-0.05, 0) is 24.6 Å². The van der Waals surface area contributed by atoms with Crippen LogP contribution < -0.4 is 15.8 Å². The number of aryl methyl sites for hydroxylation is 1.